The summed E-state index contributed by atoms with van der Waals surface area (Å²) in [7, 11) is 2.44. The third kappa shape index (κ3) is 3.94. The van der Waals surface area contributed by atoms with Crippen molar-refractivity contribution in [3.8, 4) is 23.0 Å². The van der Waals surface area contributed by atoms with Crippen molar-refractivity contribution in [3.05, 3.63) is 52.0 Å². The number of hydrogen-bond acceptors (Lipinski definition) is 7. The van der Waals surface area contributed by atoms with E-state index in [0.29, 0.717) is 14.8 Å². The minimum absolute atomic E-state index is 0.0257. The molecule has 3 rings (SSSR count). The minimum Gasteiger partial charge on any atom is -0.464 e. The molecule has 1 unspecified atom stereocenters. The van der Waals surface area contributed by atoms with Gasteiger partial charge in [0.15, 0.2) is 11.6 Å². The molecule has 0 spiro atoms. The number of carbonyl (C=O) groups is 1. The molecule has 1 atom stereocenters. The fourth-order valence-electron chi connectivity index (χ4n) is 2.30. The number of esters is 1. The van der Waals surface area contributed by atoms with E-state index >= 15 is 0 Å². The second-order valence-electron chi connectivity index (χ2n) is 5.27. The molecule has 0 bridgehead atoms. The van der Waals surface area contributed by atoms with Crippen LogP contribution in [0.4, 0.5) is 8.78 Å². The molecule has 3 aromatic heterocycles. The Morgan fingerprint density at radius 1 is 1.21 bits per heavy atom. The van der Waals surface area contributed by atoms with Crippen molar-refractivity contribution in [1.29, 1.82) is 0 Å². The van der Waals surface area contributed by atoms with E-state index in [-0.39, 0.29) is 11.7 Å². The van der Waals surface area contributed by atoms with Crippen molar-refractivity contribution in [2.24, 2.45) is 0 Å². The highest BCUT2D eigenvalue weighted by Gasteiger charge is 2.28. The van der Waals surface area contributed by atoms with Gasteiger partial charge in [-0.25, -0.2) is 23.8 Å². The number of methoxy groups -OCH3 is 2. The van der Waals surface area contributed by atoms with E-state index in [1.54, 1.807) is 0 Å². The van der Waals surface area contributed by atoms with Gasteiger partial charge in [0.05, 0.1) is 12.8 Å². The first-order valence-corrected chi connectivity index (χ1v) is 8.82. The molecular weight excluding hydrogens is 489 g/mol. The number of carbonyl (C=O) groups excluding carboxylic acids is 1. The van der Waals surface area contributed by atoms with Crippen LogP contribution >= 0.6 is 22.6 Å². The quantitative estimate of drug-likeness (QED) is 0.222. The molecule has 0 saturated carbocycles. The molecule has 0 amide bonds. The van der Waals surface area contributed by atoms with Gasteiger partial charge in [-0.2, -0.15) is 4.39 Å². The molecule has 0 aliphatic rings. The Bertz CT molecular complexity index is 997. The molecule has 3 heterocycles. The summed E-state index contributed by atoms with van der Waals surface area (Å²) < 4.78 is 44.2. The van der Waals surface area contributed by atoms with Gasteiger partial charge in [0.1, 0.15) is 3.57 Å². The fraction of sp³-hybridized carbons (Fsp3) is 0.176. The maximum Gasteiger partial charge on any atom is 0.376 e. The summed E-state index contributed by atoms with van der Waals surface area (Å²) in [6.07, 6.45) is 1.28. The van der Waals surface area contributed by atoms with Gasteiger partial charge in [0.25, 0.3) is 0 Å². The molecule has 0 aliphatic carbocycles. The van der Waals surface area contributed by atoms with Gasteiger partial charge in [-0.15, -0.1) is 5.10 Å². The molecule has 0 N–H and O–H groups in total. The standard InChI is InChI=1S/C17H13F2IN4O4/c1-26-16(25)17(27-2)28-15-12(20)13(9-5-6-11(19)22-8-9)24(23-15)14-10(18)4-3-7-21-14/h3-8,17H,1-2H3. The van der Waals surface area contributed by atoms with Crippen molar-refractivity contribution in [3.63, 3.8) is 0 Å². The number of hydrogen-bond donors (Lipinski definition) is 0. The van der Waals surface area contributed by atoms with E-state index in [1.807, 2.05) is 22.6 Å². The van der Waals surface area contributed by atoms with Crippen LogP contribution in [-0.4, -0.2) is 46.2 Å². The van der Waals surface area contributed by atoms with E-state index in [0.717, 1.165) is 6.07 Å². The fourth-order valence-corrected chi connectivity index (χ4v) is 3.07. The predicted molar refractivity (Wildman–Crippen MR) is 101 cm³/mol. The van der Waals surface area contributed by atoms with Crippen molar-refractivity contribution < 1.29 is 27.8 Å². The summed E-state index contributed by atoms with van der Waals surface area (Å²) in [5.74, 6) is -2.22. The normalized spacial score (nSPS) is 11.9. The summed E-state index contributed by atoms with van der Waals surface area (Å²) in [5.41, 5.74) is 0.783. The van der Waals surface area contributed by atoms with Crippen LogP contribution in [0.2, 0.25) is 0 Å². The molecule has 3 aromatic rings. The molecule has 0 aliphatic heterocycles. The van der Waals surface area contributed by atoms with Crippen molar-refractivity contribution in [2.75, 3.05) is 14.2 Å². The Kier molecular flexibility index (Phi) is 6.14. The summed E-state index contributed by atoms with van der Waals surface area (Å²) >= 11 is 1.91. The average molecular weight is 502 g/mol. The molecule has 8 nitrogen and oxygen atoms in total. The number of rotatable bonds is 6. The highest BCUT2D eigenvalue weighted by atomic mass is 127. The zero-order valence-corrected chi connectivity index (χ0v) is 16.8. The minimum atomic E-state index is -1.38. The van der Waals surface area contributed by atoms with Crippen LogP contribution in [0.5, 0.6) is 5.88 Å². The third-order valence-corrected chi connectivity index (χ3v) is 4.54. The summed E-state index contributed by atoms with van der Waals surface area (Å²) in [6, 6.07) is 5.26. The topological polar surface area (TPSA) is 88.4 Å². The van der Waals surface area contributed by atoms with Crippen molar-refractivity contribution in [2.45, 2.75) is 6.29 Å². The number of halogens is 3. The van der Waals surface area contributed by atoms with E-state index in [9.17, 15) is 13.6 Å². The molecular formula is C17H13F2IN4O4. The largest absolute Gasteiger partial charge is 0.464 e. The Morgan fingerprint density at radius 2 is 2.00 bits per heavy atom. The second-order valence-corrected chi connectivity index (χ2v) is 6.35. The summed E-state index contributed by atoms with van der Waals surface area (Å²) in [4.78, 5) is 19.4. The maximum absolute atomic E-state index is 14.3. The lowest BCUT2D eigenvalue weighted by atomic mass is 10.2. The smallest absolute Gasteiger partial charge is 0.376 e. The van der Waals surface area contributed by atoms with Crippen LogP contribution in [0.1, 0.15) is 0 Å². The first-order chi connectivity index (χ1) is 13.5. The number of pyridine rings is 2. The molecule has 0 aromatic carbocycles. The lowest BCUT2D eigenvalue weighted by molar-refractivity contribution is -0.170. The Labute approximate surface area is 171 Å². The highest BCUT2D eigenvalue weighted by molar-refractivity contribution is 14.1. The van der Waals surface area contributed by atoms with Gasteiger partial charge in [-0.3, -0.25) is 0 Å². The van der Waals surface area contributed by atoms with E-state index in [4.69, 9.17) is 9.47 Å². The number of ether oxygens (including phenoxy) is 3. The van der Waals surface area contributed by atoms with Crippen molar-refractivity contribution >= 4 is 28.6 Å². The maximum atomic E-state index is 14.3. The molecule has 28 heavy (non-hydrogen) atoms. The van der Waals surface area contributed by atoms with Crippen molar-refractivity contribution in [1.82, 2.24) is 19.7 Å². The lowest BCUT2D eigenvalue weighted by Gasteiger charge is -2.13. The molecule has 0 saturated heterocycles. The SMILES string of the molecule is COC(=O)C(OC)Oc1nn(-c2ncccc2F)c(-c2ccc(F)nc2)c1I. The van der Waals surface area contributed by atoms with Gasteiger partial charge in [-0.1, -0.05) is 0 Å². The lowest BCUT2D eigenvalue weighted by Crippen LogP contribution is -2.30. The van der Waals surface area contributed by atoms with Crippen LogP contribution in [0, 0.1) is 15.3 Å². The van der Waals surface area contributed by atoms with Crippen LogP contribution in [0.25, 0.3) is 17.1 Å². The number of aromatic nitrogens is 4. The first-order valence-electron chi connectivity index (χ1n) is 7.75. The van der Waals surface area contributed by atoms with E-state index in [1.165, 1.54) is 49.5 Å². The zero-order valence-electron chi connectivity index (χ0n) is 14.6. The third-order valence-electron chi connectivity index (χ3n) is 3.57. The monoisotopic (exact) mass is 502 g/mol. The molecule has 0 fully saturated rings. The van der Waals surface area contributed by atoms with Gasteiger partial charge < -0.3 is 14.2 Å². The zero-order chi connectivity index (χ0) is 20.3. The second kappa shape index (κ2) is 8.56. The van der Waals surface area contributed by atoms with Crippen LogP contribution in [0.3, 0.4) is 0 Å². The van der Waals surface area contributed by atoms with E-state index in [2.05, 4.69) is 19.8 Å². The average Bonchev–Trinajstić information content (AvgIpc) is 3.02. The van der Waals surface area contributed by atoms with Gasteiger partial charge in [0, 0.05) is 25.1 Å². The Morgan fingerprint density at radius 3 is 2.61 bits per heavy atom. The Hall–Kier alpha value is -2.67. The van der Waals surface area contributed by atoms with Crippen LogP contribution < -0.4 is 4.74 Å². The highest BCUT2D eigenvalue weighted by Crippen LogP contribution is 2.34. The van der Waals surface area contributed by atoms with Gasteiger partial charge in [-0.05, 0) is 46.9 Å². The van der Waals surface area contributed by atoms with Gasteiger partial charge >= 0.3 is 12.3 Å². The molecule has 11 heteroatoms. The van der Waals surface area contributed by atoms with Crippen LogP contribution in [-0.2, 0) is 14.3 Å². The summed E-state index contributed by atoms with van der Waals surface area (Å²) in [6.45, 7) is 0. The van der Waals surface area contributed by atoms with Crippen LogP contribution in [0.15, 0.2) is 36.7 Å². The number of nitrogens with zero attached hydrogens (tertiary/aromatic N) is 4. The predicted octanol–water partition coefficient (Wildman–Crippen LogP) is 2.74. The molecule has 146 valence electrons. The van der Waals surface area contributed by atoms with E-state index < -0.39 is 24.0 Å². The summed E-state index contributed by atoms with van der Waals surface area (Å²) in [5, 5.41) is 4.22. The van der Waals surface area contributed by atoms with Gasteiger partial charge in [0.2, 0.25) is 11.8 Å². The molecule has 0 radical (unpaired) electrons. The first kappa shape index (κ1) is 20.1. The Balaban J connectivity index is 2.16.